The van der Waals surface area contributed by atoms with Gasteiger partial charge in [-0.25, -0.2) is 0 Å². The molecule has 0 rings (SSSR count). The van der Waals surface area contributed by atoms with Gasteiger partial charge in [0.2, 0.25) is 23.6 Å². The topological polar surface area (TPSA) is 194 Å². The van der Waals surface area contributed by atoms with Crippen LogP contribution in [0.3, 0.4) is 0 Å². The van der Waals surface area contributed by atoms with E-state index in [2.05, 4.69) is 16.0 Å². The van der Waals surface area contributed by atoms with Crippen LogP contribution in [0.5, 0.6) is 0 Å². The first-order chi connectivity index (χ1) is 12.8. The van der Waals surface area contributed by atoms with Gasteiger partial charge in [0, 0.05) is 6.42 Å². The van der Waals surface area contributed by atoms with Crippen LogP contribution in [0.2, 0.25) is 0 Å². The van der Waals surface area contributed by atoms with Crippen LogP contribution in [0.25, 0.3) is 0 Å². The number of carbonyl (C=O) groups is 5. The fourth-order valence-corrected chi connectivity index (χ4v) is 2.23. The van der Waals surface area contributed by atoms with E-state index in [1.807, 2.05) is 13.8 Å². The molecule has 0 aliphatic rings. The lowest BCUT2D eigenvalue weighted by Crippen LogP contribution is -2.56. The van der Waals surface area contributed by atoms with Crippen molar-refractivity contribution >= 4 is 29.6 Å². The van der Waals surface area contributed by atoms with Crippen molar-refractivity contribution in [2.75, 3.05) is 0 Å². The number of hydrogen-bond acceptors (Lipinski definition) is 6. The quantitative estimate of drug-likeness (QED) is 0.222. The molecule has 8 N–H and O–H groups in total. The second kappa shape index (κ2) is 11.9. The molecule has 4 atom stereocenters. The SMILES string of the molecule is CC(C)CC(N)C(=O)NC(C)C(=O)NC(CCC(N)=O)C(=O)NC(C)C(=O)O. The number of nitrogens with two attached hydrogens (primary N) is 2. The van der Waals surface area contributed by atoms with Crippen LogP contribution in [-0.4, -0.2) is 58.9 Å². The highest BCUT2D eigenvalue weighted by molar-refractivity contribution is 5.94. The van der Waals surface area contributed by atoms with Crippen molar-refractivity contribution < 1.29 is 29.1 Å². The number of hydrogen-bond donors (Lipinski definition) is 6. The van der Waals surface area contributed by atoms with Crippen LogP contribution < -0.4 is 27.4 Å². The molecule has 4 amide bonds. The summed E-state index contributed by atoms with van der Waals surface area (Å²) in [5, 5.41) is 15.9. The summed E-state index contributed by atoms with van der Waals surface area (Å²) >= 11 is 0. The van der Waals surface area contributed by atoms with Gasteiger partial charge in [-0.1, -0.05) is 13.8 Å². The summed E-state index contributed by atoms with van der Waals surface area (Å²) in [5.74, 6) is -3.71. The third-order valence-corrected chi connectivity index (χ3v) is 3.86. The van der Waals surface area contributed by atoms with E-state index in [9.17, 15) is 24.0 Å². The van der Waals surface area contributed by atoms with Gasteiger partial charge in [0.25, 0.3) is 0 Å². The molecule has 0 saturated heterocycles. The van der Waals surface area contributed by atoms with E-state index < -0.39 is 53.8 Å². The van der Waals surface area contributed by atoms with Gasteiger partial charge in [0.05, 0.1) is 6.04 Å². The van der Waals surface area contributed by atoms with E-state index in [0.29, 0.717) is 6.42 Å². The van der Waals surface area contributed by atoms with E-state index in [0.717, 1.165) is 0 Å². The van der Waals surface area contributed by atoms with Crippen LogP contribution in [0.4, 0.5) is 0 Å². The maximum Gasteiger partial charge on any atom is 0.325 e. The zero-order chi connectivity index (χ0) is 22.0. The highest BCUT2D eigenvalue weighted by Crippen LogP contribution is 2.03. The van der Waals surface area contributed by atoms with Crippen molar-refractivity contribution in [3.05, 3.63) is 0 Å². The molecule has 0 aromatic rings. The van der Waals surface area contributed by atoms with Crippen LogP contribution in [0, 0.1) is 5.92 Å². The van der Waals surface area contributed by atoms with Crippen LogP contribution in [-0.2, 0) is 24.0 Å². The minimum absolute atomic E-state index is 0.118. The molecule has 28 heavy (non-hydrogen) atoms. The minimum Gasteiger partial charge on any atom is -0.480 e. The summed E-state index contributed by atoms with van der Waals surface area (Å²) in [5.41, 5.74) is 10.8. The number of carbonyl (C=O) groups excluding carboxylic acids is 4. The lowest BCUT2D eigenvalue weighted by molar-refractivity contribution is -0.142. The molecule has 11 heteroatoms. The van der Waals surface area contributed by atoms with Crippen molar-refractivity contribution in [1.82, 2.24) is 16.0 Å². The Morgan fingerprint density at radius 3 is 1.86 bits per heavy atom. The summed E-state index contributed by atoms with van der Waals surface area (Å²) in [4.78, 5) is 58.5. The molecule has 0 saturated carbocycles. The van der Waals surface area contributed by atoms with Gasteiger partial charge in [-0.05, 0) is 32.6 Å². The van der Waals surface area contributed by atoms with E-state index in [-0.39, 0.29) is 18.8 Å². The second-order valence-corrected chi connectivity index (χ2v) is 7.10. The molecular formula is C17H31N5O6. The van der Waals surface area contributed by atoms with Gasteiger partial charge in [-0.3, -0.25) is 24.0 Å². The predicted octanol–water partition coefficient (Wildman–Crippen LogP) is -1.80. The van der Waals surface area contributed by atoms with Crippen LogP contribution in [0.15, 0.2) is 0 Å². The van der Waals surface area contributed by atoms with Crippen LogP contribution >= 0.6 is 0 Å². The summed E-state index contributed by atoms with van der Waals surface area (Å²) in [6, 6.07) is -4.15. The Bertz CT molecular complexity index is 595. The second-order valence-electron chi connectivity index (χ2n) is 7.10. The Kier molecular flexibility index (Phi) is 10.8. The zero-order valence-corrected chi connectivity index (χ0v) is 16.7. The normalized spacial score (nSPS) is 15.1. The van der Waals surface area contributed by atoms with Gasteiger partial charge in [0.1, 0.15) is 18.1 Å². The predicted molar refractivity (Wildman–Crippen MR) is 101 cm³/mol. The smallest absolute Gasteiger partial charge is 0.325 e. The van der Waals surface area contributed by atoms with Crippen molar-refractivity contribution in [2.45, 2.75) is 71.1 Å². The van der Waals surface area contributed by atoms with Gasteiger partial charge in [-0.2, -0.15) is 0 Å². The summed E-state index contributed by atoms with van der Waals surface area (Å²) in [6.45, 7) is 6.48. The first-order valence-electron chi connectivity index (χ1n) is 9.02. The highest BCUT2D eigenvalue weighted by Gasteiger charge is 2.27. The maximum absolute atomic E-state index is 12.3. The lowest BCUT2D eigenvalue weighted by atomic mass is 10.0. The maximum atomic E-state index is 12.3. The Morgan fingerprint density at radius 2 is 1.39 bits per heavy atom. The summed E-state index contributed by atoms with van der Waals surface area (Å²) in [7, 11) is 0. The molecule has 0 bridgehead atoms. The average Bonchev–Trinajstić information content (AvgIpc) is 2.56. The molecule has 4 unspecified atom stereocenters. The van der Waals surface area contributed by atoms with E-state index in [4.69, 9.17) is 16.6 Å². The monoisotopic (exact) mass is 401 g/mol. The molecule has 0 radical (unpaired) electrons. The molecular weight excluding hydrogens is 370 g/mol. The third-order valence-electron chi connectivity index (χ3n) is 3.86. The minimum atomic E-state index is -1.26. The molecule has 160 valence electrons. The fraction of sp³-hybridized carbons (Fsp3) is 0.706. The fourth-order valence-electron chi connectivity index (χ4n) is 2.23. The number of carboxylic acid groups (broad SMARTS) is 1. The highest BCUT2D eigenvalue weighted by atomic mass is 16.4. The van der Waals surface area contributed by atoms with Gasteiger partial charge >= 0.3 is 5.97 Å². The third kappa shape index (κ3) is 9.86. The average molecular weight is 401 g/mol. The van der Waals surface area contributed by atoms with Gasteiger partial charge in [-0.15, -0.1) is 0 Å². The van der Waals surface area contributed by atoms with Crippen molar-refractivity contribution in [2.24, 2.45) is 17.4 Å². The Labute approximate surface area is 164 Å². The van der Waals surface area contributed by atoms with E-state index >= 15 is 0 Å². The van der Waals surface area contributed by atoms with E-state index in [1.165, 1.54) is 13.8 Å². The zero-order valence-electron chi connectivity index (χ0n) is 16.7. The molecule has 0 spiro atoms. The van der Waals surface area contributed by atoms with Gasteiger partial charge in [0.15, 0.2) is 0 Å². The van der Waals surface area contributed by atoms with Crippen molar-refractivity contribution in [3.8, 4) is 0 Å². The first-order valence-corrected chi connectivity index (χ1v) is 9.02. The molecule has 0 heterocycles. The molecule has 0 aromatic carbocycles. The number of carboxylic acids is 1. The number of nitrogens with one attached hydrogen (secondary N) is 3. The van der Waals surface area contributed by atoms with Crippen molar-refractivity contribution in [3.63, 3.8) is 0 Å². The molecule has 11 nitrogen and oxygen atoms in total. The Hall–Kier alpha value is -2.69. The lowest BCUT2D eigenvalue weighted by Gasteiger charge is -2.23. The van der Waals surface area contributed by atoms with E-state index in [1.54, 1.807) is 0 Å². The molecule has 0 aliphatic heterocycles. The first kappa shape index (κ1) is 25.3. The number of aliphatic carboxylic acids is 1. The standard InChI is InChI=1S/C17H31N5O6/c1-8(2)7-11(18)15(25)20-9(3)14(24)22-12(5-6-13(19)23)16(26)21-10(4)17(27)28/h8-12H,5-7,18H2,1-4H3,(H2,19,23)(H,20,25)(H,21,26)(H,22,24)(H,27,28). The number of primary amides is 1. The Balaban J connectivity index is 4.96. The molecule has 0 aromatic heterocycles. The number of rotatable bonds is 12. The largest absolute Gasteiger partial charge is 0.480 e. The summed E-state index contributed by atoms with van der Waals surface area (Å²) < 4.78 is 0. The van der Waals surface area contributed by atoms with Crippen LogP contribution in [0.1, 0.15) is 47.0 Å². The Morgan fingerprint density at radius 1 is 0.857 bits per heavy atom. The summed E-state index contributed by atoms with van der Waals surface area (Å²) in [6.07, 6.45) is 0.128. The molecule has 0 aliphatic carbocycles. The molecule has 0 fully saturated rings. The van der Waals surface area contributed by atoms with Gasteiger partial charge < -0.3 is 32.5 Å². The van der Waals surface area contributed by atoms with Crippen molar-refractivity contribution in [1.29, 1.82) is 0 Å². The number of amides is 4.